The molecule has 0 saturated carbocycles. The summed E-state index contributed by atoms with van der Waals surface area (Å²) in [5.74, 6) is 0. The fourth-order valence-corrected chi connectivity index (χ4v) is 2.02. The molecule has 1 atom stereocenters. The van der Waals surface area contributed by atoms with Crippen LogP contribution < -0.4 is 10.6 Å². The minimum atomic E-state index is -0.191. The first-order chi connectivity index (χ1) is 9.54. The van der Waals surface area contributed by atoms with E-state index in [4.69, 9.17) is 4.42 Å². The standard InChI is InChI=1S/C16H20N2O2/c1-11-4-5-15(8-12(11)2)18-16(19)17-13(3)9-14-6-7-20-10-14/h4-8,10,13H,9H2,1-3H3,(H2,17,18,19)/t13-/m1/s1. The van der Waals surface area contributed by atoms with Gasteiger partial charge in [-0.2, -0.15) is 0 Å². The molecule has 0 spiro atoms. The third kappa shape index (κ3) is 3.88. The number of rotatable bonds is 4. The van der Waals surface area contributed by atoms with Gasteiger partial charge < -0.3 is 15.1 Å². The van der Waals surface area contributed by atoms with E-state index in [1.54, 1.807) is 12.5 Å². The van der Waals surface area contributed by atoms with Crippen molar-refractivity contribution in [2.75, 3.05) is 5.32 Å². The van der Waals surface area contributed by atoms with Crippen molar-refractivity contribution in [1.82, 2.24) is 5.32 Å². The number of hydrogen-bond acceptors (Lipinski definition) is 2. The monoisotopic (exact) mass is 272 g/mol. The van der Waals surface area contributed by atoms with Crippen LogP contribution in [0.25, 0.3) is 0 Å². The van der Waals surface area contributed by atoms with E-state index in [2.05, 4.69) is 10.6 Å². The number of amides is 2. The number of aryl methyl sites for hydroxylation is 2. The van der Waals surface area contributed by atoms with Crippen molar-refractivity contribution in [3.63, 3.8) is 0 Å². The summed E-state index contributed by atoms with van der Waals surface area (Å²) in [7, 11) is 0. The van der Waals surface area contributed by atoms with Crippen LogP contribution in [0.5, 0.6) is 0 Å². The lowest BCUT2D eigenvalue weighted by atomic mass is 10.1. The Labute approximate surface area is 119 Å². The van der Waals surface area contributed by atoms with Crippen LogP contribution in [0.2, 0.25) is 0 Å². The summed E-state index contributed by atoms with van der Waals surface area (Å²) in [5.41, 5.74) is 4.25. The van der Waals surface area contributed by atoms with Gasteiger partial charge in [0.25, 0.3) is 0 Å². The Morgan fingerprint density at radius 1 is 1.25 bits per heavy atom. The predicted molar refractivity (Wildman–Crippen MR) is 79.9 cm³/mol. The van der Waals surface area contributed by atoms with Gasteiger partial charge in [-0.1, -0.05) is 6.07 Å². The molecule has 2 rings (SSSR count). The van der Waals surface area contributed by atoms with Crippen LogP contribution in [-0.4, -0.2) is 12.1 Å². The van der Waals surface area contributed by atoms with Crippen molar-refractivity contribution < 1.29 is 9.21 Å². The fourth-order valence-electron chi connectivity index (χ4n) is 2.02. The van der Waals surface area contributed by atoms with Gasteiger partial charge >= 0.3 is 6.03 Å². The number of benzene rings is 1. The molecule has 0 unspecified atom stereocenters. The molecule has 2 aromatic rings. The molecule has 1 aromatic carbocycles. The summed E-state index contributed by atoms with van der Waals surface area (Å²) < 4.78 is 5.01. The van der Waals surface area contributed by atoms with Crippen LogP contribution in [0.4, 0.5) is 10.5 Å². The molecule has 0 aliphatic rings. The average molecular weight is 272 g/mol. The van der Waals surface area contributed by atoms with Crippen molar-refractivity contribution in [2.24, 2.45) is 0 Å². The Bertz CT molecular complexity index is 576. The Hall–Kier alpha value is -2.23. The number of carbonyl (C=O) groups is 1. The molecule has 2 N–H and O–H groups in total. The number of nitrogens with one attached hydrogen (secondary N) is 2. The van der Waals surface area contributed by atoms with Gasteiger partial charge in [-0.3, -0.25) is 0 Å². The molecule has 0 fully saturated rings. The lowest BCUT2D eigenvalue weighted by molar-refractivity contribution is 0.249. The van der Waals surface area contributed by atoms with Crippen molar-refractivity contribution in [3.8, 4) is 0 Å². The Morgan fingerprint density at radius 3 is 2.70 bits per heavy atom. The highest BCUT2D eigenvalue weighted by molar-refractivity contribution is 5.89. The molecule has 0 aliphatic heterocycles. The Kier molecular flexibility index (Phi) is 4.45. The first-order valence-corrected chi connectivity index (χ1v) is 6.70. The number of furan rings is 1. The van der Waals surface area contributed by atoms with Gasteiger partial charge in [0.05, 0.1) is 12.5 Å². The van der Waals surface area contributed by atoms with Gasteiger partial charge in [-0.25, -0.2) is 4.79 Å². The maximum atomic E-state index is 11.9. The molecule has 4 heteroatoms. The van der Waals surface area contributed by atoms with Gasteiger partial charge in [0.2, 0.25) is 0 Å². The first kappa shape index (κ1) is 14.2. The predicted octanol–water partition coefficient (Wildman–Crippen LogP) is 3.65. The molecule has 1 heterocycles. The minimum absolute atomic E-state index is 0.0409. The number of urea groups is 1. The molecule has 0 aliphatic carbocycles. The van der Waals surface area contributed by atoms with E-state index in [-0.39, 0.29) is 12.1 Å². The fraction of sp³-hybridized carbons (Fsp3) is 0.312. The summed E-state index contributed by atoms with van der Waals surface area (Å²) in [6.07, 6.45) is 4.08. The minimum Gasteiger partial charge on any atom is -0.472 e. The maximum Gasteiger partial charge on any atom is 0.319 e. The second-order valence-electron chi connectivity index (χ2n) is 5.13. The zero-order valence-corrected chi connectivity index (χ0v) is 12.1. The van der Waals surface area contributed by atoms with E-state index in [1.807, 2.05) is 45.0 Å². The second kappa shape index (κ2) is 6.28. The maximum absolute atomic E-state index is 11.9. The molecule has 0 saturated heterocycles. The van der Waals surface area contributed by atoms with Crippen LogP contribution >= 0.6 is 0 Å². The third-order valence-corrected chi connectivity index (χ3v) is 3.26. The van der Waals surface area contributed by atoms with Crippen molar-refractivity contribution >= 4 is 11.7 Å². The molecule has 0 radical (unpaired) electrons. The van der Waals surface area contributed by atoms with E-state index in [0.29, 0.717) is 0 Å². The van der Waals surface area contributed by atoms with E-state index < -0.39 is 0 Å². The van der Waals surface area contributed by atoms with Gasteiger partial charge in [-0.05, 0) is 62.1 Å². The summed E-state index contributed by atoms with van der Waals surface area (Å²) in [6, 6.07) is 7.63. The SMILES string of the molecule is Cc1ccc(NC(=O)N[C@H](C)Cc2ccoc2)cc1C. The summed E-state index contributed by atoms with van der Waals surface area (Å²) in [5, 5.41) is 5.76. The smallest absolute Gasteiger partial charge is 0.319 e. The van der Waals surface area contributed by atoms with E-state index >= 15 is 0 Å². The molecule has 106 valence electrons. The van der Waals surface area contributed by atoms with Crippen LogP contribution in [0, 0.1) is 13.8 Å². The number of hydrogen-bond donors (Lipinski definition) is 2. The largest absolute Gasteiger partial charge is 0.472 e. The lowest BCUT2D eigenvalue weighted by Gasteiger charge is -2.14. The van der Waals surface area contributed by atoms with Gasteiger partial charge in [-0.15, -0.1) is 0 Å². The molecule has 4 nitrogen and oxygen atoms in total. The van der Waals surface area contributed by atoms with Crippen LogP contribution in [0.15, 0.2) is 41.2 Å². The number of anilines is 1. The van der Waals surface area contributed by atoms with Crippen molar-refractivity contribution in [2.45, 2.75) is 33.2 Å². The van der Waals surface area contributed by atoms with E-state index in [1.165, 1.54) is 5.56 Å². The van der Waals surface area contributed by atoms with Crippen LogP contribution in [0.1, 0.15) is 23.6 Å². The number of carbonyl (C=O) groups excluding carboxylic acids is 1. The second-order valence-corrected chi connectivity index (χ2v) is 5.13. The first-order valence-electron chi connectivity index (χ1n) is 6.70. The molecule has 1 aromatic heterocycles. The van der Waals surface area contributed by atoms with Gasteiger partial charge in [0.15, 0.2) is 0 Å². The molecular formula is C16H20N2O2. The highest BCUT2D eigenvalue weighted by Crippen LogP contribution is 2.14. The molecule has 0 bridgehead atoms. The lowest BCUT2D eigenvalue weighted by Crippen LogP contribution is -2.37. The highest BCUT2D eigenvalue weighted by atomic mass is 16.3. The van der Waals surface area contributed by atoms with Crippen LogP contribution in [0.3, 0.4) is 0 Å². The van der Waals surface area contributed by atoms with Gasteiger partial charge in [0, 0.05) is 11.7 Å². The molecular weight excluding hydrogens is 252 g/mol. The van der Waals surface area contributed by atoms with E-state index in [0.717, 1.165) is 23.2 Å². The highest BCUT2D eigenvalue weighted by Gasteiger charge is 2.09. The zero-order valence-electron chi connectivity index (χ0n) is 12.1. The van der Waals surface area contributed by atoms with Crippen LogP contribution in [-0.2, 0) is 6.42 Å². The Morgan fingerprint density at radius 2 is 2.05 bits per heavy atom. The topological polar surface area (TPSA) is 54.3 Å². The summed E-state index contributed by atoms with van der Waals surface area (Å²) in [4.78, 5) is 11.9. The normalized spacial score (nSPS) is 11.9. The Balaban J connectivity index is 1.87. The quantitative estimate of drug-likeness (QED) is 0.892. The summed E-state index contributed by atoms with van der Waals surface area (Å²) in [6.45, 7) is 6.04. The van der Waals surface area contributed by atoms with Gasteiger partial charge in [0.1, 0.15) is 0 Å². The third-order valence-electron chi connectivity index (χ3n) is 3.26. The molecule has 2 amide bonds. The average Bonchev–Trinajstić information content (AvgIpc) is 2.86. The van der Waals surface area contributed by atoms with E-state index in [9.17, 15) is 4.79 Å². The zero-order chi connectivity index (χ0) is 14.5. The van der Waals surface area contributed by atoms with Crippen molar-refractivity contribution in [3.05, 3.63) is 53.5 Å². The summed E-state index contributed by atoms with van der Waals surface area (Å²) >= 11 is 0. The molecule has 20 heavy (non-hydrogen) atoms. The van der Waals surface area contributed by atoms with Crippen molar-refractivity contribution in [1.29, 1.82) is 0 Å².